The number of amides is 2. The maximum Gasteiger partial charge on any atom is 0.264 e. The molecule has 4 heterocycles. The molecule has 0 spiro atoms. The Bertz CT molecular complexity index is 1470. The van der Waals surface area contributed by atoms with Gasteiger partial charge in [-0.1, -0.05) is 31.0 Å². The Morgan fingerprint density at radius 1 is 1.15 bits per heavy atom. The lowest BCUT2D eigenvalue weighted by molar-refractivity contribution is -0.129. The third-order valence-electron chi connectivity index (χ3n) is 7.55. The number of aromatic nitrogens is 2. The molecule has 39 heavy (non-hydrogen) atoms. The minimum Gasteiger partial charge on any atom is -0.349 e. The maximum absolute atomic E-state index is 14.9. The maximum atomic E-state index is 14.9. The van der Waals surface area contributed by atoms with Crippen LogP contribution >= 0.6 is 11.6 Å². The molecule has 0 radical (unpaired) electrons. The molecule has 1 N–H and O–H groups in total. The molecule has 204 valence electrons. The van der Waals surface area contributed by atoms with E-state index in [-0.39, 0.29) is 40.9 Å². The predicted molar refractivity (Wildman–Crippen MR) is 144 cm³/mol. The molecular formula is C29H28ClF3N4O2. The summed E-state index contributed by atoms with van der Waals surface area (Å²) in [4.78, 5) is 32.6. The first-order valence-electron chi connectivity index (χ1n) is 12.9. The van der Waals surface area contributed by atoms with Crippen molar-refractivity contribution in [2.75, 3.05) is 11.9 Å². The van der Waals surface area contributed by atoms with Gasteiger partial charge in [0.1, 0.15) is 5.82 Å². The molecule has 2 amide bonds. The van der Waals surface area contributed by atoms with Crippen LogP contribution in [0.1, 0.15) is 61.9 Å². The first kappa shape index (κ1) is 27.0. The lowest BCUT2D eigenvalue weighted by atomic mass is 9.91. The average Bonchev–Trinajstić information content (AvgIpc) is 3.27. The lowest BCUT2D eigenvalue weighted by Gasteiger charge is -2.35. The van der Waals surface area contributed by atoms with Crippen molar-refractivity contribution in [1.29, 1.82) is 0 Å². The van der Waals surface area contributed by atoms with Gasteiger partial charge in [0.05, 0.1) is 28.1 Å². The summed E-state index contributed by atoms with van der Waals surface area (Å²) in [6.07, 6.45) is 3.86. The number of fused-ring (bicyclic) bond motifs is 4. The first-order chi connectivity index (χ1) is 18.7. The van der Waals surface area contributed by atoms with E-state index in [9.17, 15) is 22.8 Å². The number of rotatable bonds is 3. The Balaban J connectivity index is 1.53. The number of alkyl halides is 2. The molecule has 10 heteroatoms. The van der Waals surface area contributed by atoms with Crippen LogP contribution in [0.4, 0.5) is 18.9 Å². The second-order valence-corrected chi connectivity index (χ2v) is 10.5. The van der Waals surface area contributed by atoms with Crippen LogP contribution in [0.15, 0.2) is 48.8 Å². The molecule has 0 aliphatic carbocycles. The standard InChI is InChI=1S/C29H28ClF3N4O2/c1-16-4-3-5-23(22-14-18(8-11-34-22)27-21(35-29(16)39)10-12-36(27)2)37-13-9-17(15-24(37)38)25-19(28(32)33)6-7-20(30)26(25)31/h6-8,10-12,14-16,23,28H,3-5,9,13H2,1-2H3,(H,35,39)/t16-,23+/m1/s1. The number of benzene rings is 1. The number of nitrogens with zero attached hydrogens (tertiary/aromatic N) is 3. The molecule has 0 fully saturated rings. The van der Waals surface area contributed by atoms with Crippen molar-refractivity contribution in [2.45, 2.75) is 45.1 Å². The fourth-order valence-corrected chi connectivity index (χ4v) is 5.63. The molecule has 2 aromatic heterocycles. The lowest BCUT2D eigenvalue weighted by Crippen LogP contribution is -2.38. The van der Waals surface area contributed by atoms with Gasteiger partial charge in [-0.3, -0.25) is 14.6 Å². The number of aryl methyl sites for hydroxylation is 1. The molecule has 2 aliphatic heterocycles. The van der Waals surface area contributed by atoms with Gasteiger partial charge in [-0.25, -0.2) is 13.2 Å². The number of hydrogen-bond donors (Lipinski definition) is 1. The van der Waals surface area contributed by atoms with Crippen LogP contribution in [0, 0.1) is 11.7 Å². The summed E-state index contributed by atoms with van der Waals surface area (Å²) in [6, 6.07) is 7.41. The molecule has 0 unspecified atom stereocenters. The molecule has 2 atom stereocenters. The highest BCUT2D eigenvalue weighted by Crippen LogP contribution is 2.39. The van der Waals surface area contributed by atoms with Gasteiger partial charge in [-0.2, -0.15) is 0 Å². The van der Waals surface area contributed by atoms with E-state index < -0.39 is 29.8 Å². The third-order valence-corrected chi connectivity index (χ3v) is 7.84. The molecular weight excluding hydrogens is 529 g/mol. The topological polar surface area (TPSA) is 67.2 Å². The Morgan fingerprint density at radius 2 is 1.95 bits per heavy atom. The normalized spacial score (nSPS) is 20.2. The molecule has 6 nitrogen and oxygen atoms in total. The predicted octanol–water partition coefficient (Wildman–Crippen LogP) is 6.93. The monoisotopic (exact) mass is 556 g/mol. The number of nitrogens with one attached hydrogen (secondary N) is 1. The third kappa shape index (κ3) is 5.20. The van der Waals surface area contributed by atoms with Gasteiger partial charge in [0, 0.05) is 54.7 Å². The highest BCUT2D eigenvalue weighted by atomic mass is 35.5. The molecule has 5 rings (SSSR count). The summed E-state index contributed by atoms with van der Waals surface area (Å²) in [6.45, 7) is 2.07. The largest absolute Gasteiger partial charge is 0.349 e. The van der Waals surface area contributed by atoms with Gasteiger partial charge in [-0.05, 0) is 49.1 Å². The highest BCUT2D eigenvalue weighted by molar-refractivity contribution is 6.31. The molecule has 2 bridgehead atoms. The fourth-order valence-electron chi connectivity index (χ4n) is 5.47. The van der Waals surface area contributed by atoms with Crippen molar-refractivity contribution in [3.05, 3.63) is 76.5 Å². The zero-order chi connectivity index (χ0) is 27.8. The highest BCUT2D eigenvalue weighted by Gasteiger charge is 2.32. The summed E-state index contributed by atoms with van der Waals surface area (Å²) in [5, 5.41) is 2.76. The molecule has 0 saturated carbocycles. The van der Waals surface area contributed by atoms with Crippen molar-refractivity contribution in [3.8, 4) is 11.3 Å². The van der Waals surface area contributed by atoms with Gasteiger partial charge < -0.3 is 14.8 Å². The van der Waals surface area contributed by atoms with Crippen molar-refractivity contribution >= 4 is 34.7 Å². The summed E-state index contributed by atoms with van der Waals surface area (Å²) in [5.41, 5.74) is 2.44. The SMILES string of the molecule is C[C@@H]1CCC[C@H](N2CCC(c3c(C(F)F)ccc(Cl)c3F)=CC2=O)c2cc(ccn2)-c2c(ccn2C)NC1=O. The van der Waals surface area contributed by atoms with Crippen LogP contribution in [0.2, 0.25) is 5.02 Å². The van der Waals surface area contributed by atoms with Crippen molar-refractivity contribution in [2.24, 2.45) is 13.0 Å². The zero-order valence-electron chi connectivity index (χ0n) is 21.6. The van der Waals surface area contributed by atoms with E-state index in [1.54, 1.807) is 11.1 Å². The Hall–Kier alpha value is -3.59. The second kappa shape index (κ2) is 10.9. The summed E-state index contributed by atoms with van der Waals surface area (Å²) in [5.74, 6) is -1.68. The Morgan fingerprint density at radius 3 is 2.69 bits per heavy atom. The van der Waals surface area contributed by atoms with E-state index in [1.165, 1.54) is 6.08 Å². The van der Waals surface area contributed by atoms with E-state index in [0.29, 0.717) is 30.6 Å². The quantitative estimate of drug-likeness (QED) is 0.380. The number of anilines is 1. The van der Waals surface area contributed by atoms with Crippen LogP contribution in [0.25, 0.3) is 16.8 Å². The van der Waals surface area contributed by atoms with E-state index in [1.807, 2.05) is 42.9 Å². The molecule has 1 aromatic carbocycles. The zero-order valence-corrected chi connectivity index (χ0v) is 22.3. The molecule has 0 saturated heterocycles. The minimum absolute atomic E-state index is 0.0751. The summed E-state index contributed by atoms with van der Waals surface area (Å²) < 4.78 is 44.2. The number of carbonyl (C=O) groups excluding carboxylic acids is 2. The molecule has 2 aliphatic rings. The summed E-state index contributed by atoms with van der Waals surface area (Å²) in [7, 11) is 1.89. The fraction of sp³-hybridized carbons (Fsp3) is 0.345. The summed E-state index contributed by atoms with van der Waals surface area (Å²) >= 11 is 5.90. The van der Waals surface area contributed by atoms with E-state index in [0.717, 1.165) is 23.4 Å². The molecule has 3 aromatic rings. The van der Waals surface area contributed by atoms with Crippen LogP contribution in [0.3, 0.4) is 0 Å². The van der Waals surface area contributed by atoms with E-state index in [2.05, 4.69) is 10.3 Å². The van der Waals surface area contributed by atoms with E-state index in [4.69, 9.17) is 11.6 Å². The first-order valence-corrected chi connectivity index (χ1v) is 13.2. The van der Waals surface area contributed by atoms with E-state index >= 15 is 0 Å². The van der Waals surface area contributed by atoms with Gasteiger partial charge in [0.15, 0.2) is 0 Å². The number of pyridine rings is 1. The number of halogens is 4. The Labute approximate surface area is 229 Å². The van der Waals surface area contributed by atoms with Gasteiger partial charge in [0.2, 0.25) is 11.8 Å². The van der Waals surface area contributed by atoms with Crippen molar-refractivity contribution in [1.82, 2.24) is 14.5 Å². The smallest absolute Gasteiger partial charge is 0.264 e. The van der Waals surface area contributed by atoms with Gasteiger partial charge in [-0.15, -0.1) is 0 Å². The second-order valence-electron chi connectivity index (χ2n) is 10.1. The minimum atomic E-state index is -2.92. The Kier molecular flexibility index (Phi) is 7.53. The van der Waals surface area contributed by atoms with Crippen LogP contribution in [-0.2, 0) is 16.6 Å². The van der Waals surface area contributed by atoms with Crippen LogP contribution in [0.5, 0.6) is 0 Å². The van der Waals surface area contributed by atoms with Crippen LogP contribution in [-0.4, -0.2) is 32.8 Å². The van der Waals surface area contributed by atoms with Gasteiger partial charge >= 0.3 is 0 Å². The van der Waals surface area contributed by atoms with Crippen LogP contribution < -0.4 is 5.32 Å². The number of carbonyl (C=O) groups is 2. The number of hydrogen-bond acceptors (Lipinski definition) is 3. The van der Waals surface area contributed by atoms with Gasteiger partial charge in [0.25, 0.3) is 6.43 Å². The van der Waals surface area contributed by atoms with Crippen molar-refractivity contribution in [3.63, 3.8) is 0 Å². The van der Waals surface area contributed by atoms with Crippen molar-refractivity contribution < 1.29 is 22.8 Å². The average molecular weight is 557 g/mol.